The summed E-state index contributed by atoms with van der Waals surface area (Å²) in [7, 11) is 0. The van der Waals surface area contributed by atoms with Gasteiger partial charge in [0.1, 0.15) is 0 Å². The number of thiazole rings is 1. The van der Waals surface area contributed by atoms with Gasteiger partial charge in [0.05, 0.1) is 11.5 Å². The first-order valence-electron chi connectivity index (χ1n) is 13.0. The van der Waals surface area contributed by atoms with Crippen LogP contribution in [0, 0.1) is 0 Å². The fourth-order valence-electron chi connectivity index (χ4n) is 4.09. The molecule has 33 heavy (non-hydrogen) atoms. The molecule has 0 saturated heterocycles. The van der Waals surface area contributed by atoms with E-state index in [1.165, 1.54) is 75.3 Å². The molecule has 0 bridgehead atoms. The molecule has 0 saturated carbocycles. The zero-order chi connectivity index (χ0) is 23.3. The van der Waals surface area contributed by atoms with Gasteiger partial charge in [-0.25, -0.2) is 9.78 Å². The van der Waals surface area contributed by atoms with Crippen LogP contribution in [-0.4, -0.2) is 22.0 Å². The summed E-state index contributed by atoms with van der Waals surface area (Å²) in [6, 6.07) is 8.89. The highest BCUT2D eigenvalue weighted by Gasteiger charge is 2.15. The summed E-state index contributed by atoms with van der Waals surface area (Å²) in [5.41, 5.74) is 3.00. The van der Waals surface area contributed by atoms with Gasteiger partial charge in [-0.15, -0.1) is 0 Å². The van der Waals surface area contributed by atoms with Gasteiger partial charge in [-0.2, -0.15) is 0 Å². The maximum atomic E-state index is 12.3. The molecule has 0 aliphatic carbocycles. The van der Waals surface area contributed by atoms with Crippen molar-refractivity contribution in [2.75, 3.05) is 6.61 Å². The number of nitrogens with zero attached hydrogens (tertiary/aromatic N) is 2. The van der Waals surface area contributed by atoms with Crippen molar-refractivity contribution in [2.45, 2.75) is 97.3 Å². The monoisotopic (exact) mass is 468 g/mol. The van der Waals surface area contributed by atoms with Gasteiger partial charge < -0.3 is 4.74 Å². The Labute approximate surface area is 203 Å². The number of unbranched alkanes of at least 4 members (excludes halogenated alkanes) is 10. The number of carbonyl (C=O) groups is 1. The number of rotatable bonds is 16. The summed E-state index contributed by atoms with van der Waals surface area (Å²) in [4.78, 5) is 18.8. The minimum atomic E-state index is -0.319. The van der Waals surface area contributed by atoms with E-state index in [9.17, 15) is 4.79 Å². The van der Waals surface area contributed by atoms with Crippen LogP contribution >= 0.6 is 11.3 Å². The molecule has 0 amide bonds. The van der Waals surface area contributed by atoms with Gasteiger partial charge in [-0.05, 0) is 30.4 Å². The average Bonchev–Trinajstić information content (AvgIpc) is 3.41. The summed E-state index contributed by atoms with van der Waals surface area (Å²) in [5, 5.41) is 0. The first kappa shape index (κ1) is 25.5. The highest BCUT2D eigenvalue weighted by Crippen LogP contribution is 2.29. The Morgan fingerprint density at radius 3 is 2.15 bits per heavy atom. The Morgan fingerprint density at radius 1 is 0.848 bits per heavy atom. The van der Waals surface area contributed by atoms with Gasteiger partial charge in [0.25, 0.3) is 0 Å². The number of fused-ring (bicyclic) bond motifs is 1. The number of aromatic nitrogens is 2. The van der Waals surface area contributed by atoms with Gasteiger partial charge in [-0.3, -0.25) is 4.40 Å². The predicted octanol–water partition coefficient (Wildman–Crippen LogP) is 8.48. The topological polar surface area (TPSA) is 43.6 Å². The second kappa shape index (κ2) is 14.2. The SMILES string of the molecule is CCCCCCCCOC(=O)c1cn2cc(-c3ccc(CCCCCCCC)cc3)sc2n1. The number of ether oxygens (including phenoxy) is 1. The fraction of sp³-hybridized carbons (Fsp3) is 0.571. The molecular formula is C28H40N2O2S. The molecule has 3 aromatic rings. The van der Waals surface area contributed by atoms with E-state index >= 15 is 0 Å². The Kier molecular flexibility index (Phi) is 11.0. The zero-order valence-electron chi connectivity index (χ0n) is 20.5. The van der Waals surface area contributed by atoms with Crippen LogP contribution in [-0.2, 0) is 11.2 Å². The second-order valence-electron chi connectivity index (χ2n) is 9.03. The standard InChI is InChI=1S/C28H40N2O2S/c1-3-5-7-9-11-13-15-23-16-18-24(19-17-23)26-22-30-21-25(29-28(30)33-26)27(31)32-20-14-12-10-8-6-4-2/h16-19,21-22H,3-15,20H2,1-2H3. The summed E-state index contributed by atoms with van der Waals surface area (Å²) < 4.78 is 7.35. The molecule has 4 nitrogen and oxygen atoms in total. The van der Waals surface area contributed by atoms with E-state index in [0.717, 1.165) is 29.1 Å². The minimum Gasteiger partial charge on any atom is -0.461 e. The van der Waals surface area contributed by atoms with E-state index < -0.39 is 0 Å². The molecule has 0 fully saturated rings. The summed E-state index contributed by atoms with van der Waals surface area (Å²) >= 11 is 1.61. The third-order valence-electron chi connectivity index (χ3n) is 6.15. The number of aryl methyl sites for hydroxylation is 1. The van der Waals surface area contributed by atoms with E-state index in [2.05, 4.69) is 49.3 Å². The molecular weight excluding hydrogens is 428 g/mol. The van der Waals surface area contributed by atoms with Crippen LogP contribution in [0.4, 0.5) is 0 Å². The van der Waals surface area contributed by atoms with Crippen molar-refractivity contribution in [3.05, 3.63) is 47.9 Å². The Bertz CT molecular complexity index is 927. The van der Waals surface area contributed by atoms with E-state index in [0.29, 0.717) is 12.3 Å². The van der Waals surface area contributed by atoms with Crippen LogP contribution in [0.5, 0.6) is 0 Å². The normalized spacial score (nSPS) is 11.3. The smallest absolute Gasteiger partial charge is 0.358 e. The molecule has 0 aliphatic heterocycles. The van der Waals surface area contributed by atoms with Gasteiger partial charge in [0.15, 0.2) is 10.7 Å². The second-order valence-corrected chi connectivity index (χ2v) is 10.0. The maximum absolute atomic E-state index is 12.3. The fourth-order valence-corrected chi connectivity index (χ4v) is 5.07. The van der Waals surface area contributed by atoms with Crippen LogP contribution in [0.1, 0.15) is 107 Å². The van der Waals surface area contributed by atoms with Crippen molar-refractivity contribution < 1.29 is 9.53 Å². The Hall–Kier alpha value is -2.14. The minimum absolute atomic E-state index is 0.319. The molecule has 2 aromatic heterocycles. The van der Waals surface area contributed by atoms with Gasteiger partial charge in [-0.1, -0.05) is 114 Å². The van der Waals surface area contributed by atoms with Gasteiger partial charge in [0, 0.05) is 12.4 Å². The molecule has 2 heterocycles. The van der Waals surface area contributed by atoms with Crippen molar-refractivity contribution >= 4 is 22.3 Å². The Morgan fingerprint density at radius 2 is 1.48 bits per heavy atom. The van der Waals surface area contributed by atoms with Gasteiger partial charge in [0.2, 0.25) is 0 Å². The summed E-state index contributed by atoms with van der Waals surface area (Å²) in [6.07, 6.45) is 20.1. The number of hydrogen-bond acceptors (Lipinski definition) is 4. The van der Waals surface area contributed by atoms with Crippen molar-refractivity contribution in [1.29, 1.82) is 0 Å². The van der Waals surface area contributed by atoms with Crippen molar-refractivity contribution in [3.63, 3.8) is 0 Å². The molecule has 1 aromatic carbocycles. The number of benzene rings is 1. The summed E-state index contributed by atoms with van der Waals surface area (Å²) in [5.74, 6) is -0.319. The molecule has 0 unspecified atom stereocenters. The highest BCUT2D eigenvalue weighted by atomic mass is 32.1. The van der Waals surface area contributed by atoms with Crippen LogP contribution in [0.3, 0.4) is 0 Å². The van der Waals surface area contributed by atoms with Crippen molar-refractivity contribution in [1.82, 2.24) is 9.38 Å². The van der Waals surface area contributed by atoms with E-state index in [1.54, 1.807) is 17.5 Å². The molecule has 0 aliphatic rings. The summed E-state index contributed by atoms with van der Waals surface area (Å²) in [6.45, 7) is 4.96. The Balaban J connectivity index is 1.45. The maximum Gasteiger partial charge on any atom is 0.358 e. The first-order valence-corrected chi connectivity index (χ1v) is 13.8. The van der Waals surface area contributed by atoms with Crippen molar-refractivity contribution in [2.24, 2.45) is 0 Å². The number of imidazole rings is 1. The first-order chi connectivity index (χ1) is 16.2. The molecule has 180 valence electrons. The molecule has 0 radical (unpaired) electrons. The van der Waals surface area contributed by atoms with Crippen LogP contribution in [0.15, 0.2) is 36.7 Å². The molecule has 0 atom stereocenters. The molecule has 5 heteroatoms. The molecule has 3 rings (SSSR count). The van der Waals surface area contributed by atoms with E-state index in [4.69, 9.17) is 4.74 Å². The predicted molar refractivity (Wildman–Crippen MR) is 139 cm³/mol. The highest BCUT2D eigenvalue weighted by molar-refractivity contribution is 7.20. The number of hydrogen-bond donors (Lipinski definition) is 0. The lowest BCUT2D eigenvalue weighted by atomic mass is 10.0. The quantitative estimate of drug-likeness (QED) is 0.156. The van der Waals surface area contributed by atoms with Crippen LogP contribution in [0.2, 0.25) is 0 Å². The molecule has 0 spiro atoms. The lowest BCUT2D eigenvalue weighted by Crippen LogP contribution is -2.06. The zero-order valence-corrected chi connectivity index (χ0v) is 21.3. The average molecular weight is 469 g/mol. The van der Waals surface area contributed by atoms with Gasteiger partial charge >= 0.3 is 5.97 Å². The van der Waals surface area contributed by atoms with Crippen LogP contribution < -0.4 is 0 Å². The third-order valence-corrected chi connectivity index (χ3v) is 7.20. The molecule has 0 N–H and O–H groups in total. The lowest BCUT2D eigenvalue weighted by molar-refractivity contribution is 0.0491. The van der Waals surface area contributed by atoms with E-state index in [1.807, 2.05) is 4.40 Å². The number of esters is 1. The largest absolute Gasteiger partial charge is 0.461 e. The van der Waals surface area contributed by atoms with Crippen LogP contribution in [0.25, 0.3) is 15.4 Å². The van der Waals surface area contributed by atoms with E-state index in [-0.39, 0.29) is 5.97 Å². The lowest BCUT2D eigenvalue weighted by Gasteiger charge is -2.04. The van der Waals surface area contributed by atoms with Crippen molar-refractivity contribution in [3.8, 4) is 10.4 Å². The number of carbonyl (C=O) groups excluding carboxylic acids is 1. The third kappa shape index (κ3) is 8.29.